The van der Waals surface area contributed by atoms with Crippen molar-refractivity contribution in [2.24, 2.45) is 5.92 Å². The lowest BCUT2D eigenvalue weighted by Crippen LogP contribution is -2.39. The molecule has 0 saturated carbocycles. The van der Waals surface area contributed by atoms with E-state index in [0.717, 1.165) is 38.4 Å². The van der Waals surface area contributed by atoms with E-state index in [9.17, 15) is 4.79 Å². The van der Waals surface area contributed by atoms with Crippen LogP contribution in [0.25, 0.3) is 10.8 Å². The zero-order valence-electron chi connectivity index (χ0n) is 14.3. The fourth-order valence-electron chi connectivity index (χ4n) is 3.31. The van der Waals surface area contributed by atoms with Crippen LogP contribution >= 0.6 is 11.8 Å². The third kappa shape index (κ3) is 4.52. The largest absolute Gasteiger partial charge is 0.342 e. The summed E-state index contributed by atoms with van der Waals surface area (Å²) in [6, 6.07) is 14.8. The Balaban J connectivity index is 1.48. The summed E-state index contributed by atoms with van der Waals surface area (Å²) in [5.41, 5.74) is 0. The molecule has 0 aromatic heterocycles. The molecular formula is C20H26N2OS. The van der Waals surface area contributed by atoms with Gasteiger partial charge in [-0.25, -0.2) is 0 Å². The van der Waals surface area contributed by atoms with E-state index in [-0.39, 0.29) is 5.91 Å². The average Bonchev–Trinajstić information content (AvgIpc) is 2.64. The van der Waals surface area contributed by atoms with Gasteiger partial charge < -0.3 is 10.2 Å². The van der Waals surface area contributed by atoms with Crippen molar-refractivity contribution in [1.29, 1.82) is 0 Å². The number of fused-ring (bicyclic) bond motifs is 1. The van der Waals surface area contributed by atoms with Crippen molar-refractivity contribution in [2.75, 3.05) is 32.4 Å². The van der Waals surface area contributed by atoms with Crippen LogP contribution < -0.4 is 5.32 Å². The van der Waals surface area contributed by atoms with Crippen LogP contribution in [0.15, 0.2) is 47.4 Å². The van der Waals surface area contributed by atoms with Crippen LogP contribution in [0.3, 0.4) is 0 Å². The molecule has 24 heavy (non-hydrogen) atoms. The first-order valence-electron chi connectivity index (χ1n) is 8.80. The molecule has 1 saturated heterocycles. The quantitative estimate of drug-likeness (QED) is 0.811. The van der Waals surface area contributed by atoms with Gasteiger partial charge in [0, 0.05) is 18.0 Å². The van der Waals surface area contributed by atoms with Gasteiger partial charge in [0.2, 0.25) is 5.91 Å². The van der Waals surface area contributed by atoms with Crippen LogP contribution in [0.5, 0.6) is 0 Å². The number of nitrogens with one attached hydrogen (secondary N) is 1. The van der Waals surface area contributed by atoms with Gasteiger partial charge in [-0.1, -0.05) is 30.3 Å². The first-order chi connectivity index (χ1) is 11.8. The Bertz CT molecular complexity index is 680. The van der Waals surface area contributed by atoms with Gasteiger partial charge in [-0.05, 0) is 61.7 Å². The summed E-state index contributed by atoms with van der Waals surface area (Å²) < 4.78 is 0. The molecule has 1 fully saturated rings. The summed E-state index contributed by atoms with van der Waals surface area (Å²) in [6.07, 6.45) is 3.52. The fourth-order valence-corrected chi connectivity index (χ4v) is 4.16. The van der Waals surface area contributed by atoms with Gasteiger partial charge in [0.05, 0.1) is 5.75 Å². The Morgan fingerprint density at radius 3 is 2.67 bits per heavy atom. The molecule has 1 N–H and O–H groups in total. The molecule has 3 nitrogen and oxygen atoms in total. The van der Waals surface area contributed by atoms with E-state index in [1.54, 1.807) is 11.8 Å². The Kier molecular flexibility index (Phi) is 6.16. The highest BCUT2D eigenvalue weighted by atomic mass is 32.2. The maximum Gasteiger partial charge on any atom is 0.232 e. The fraction of sp³-hybridized carbons (Fsp3) is 0.450. The molecule has 1 amide bonds. The van der Waals surface area contributed by atoms with Crippen molar-refractivity contribution in [2.45, 2.75) is 24.2 Å². The smallest absolute Gasteiger partial charge is 0.232 e. The number of rotatable bonds is 6. The molecule has 0 radical (unpaired) electrons. The zero-order valence-corrected chi connectivity index (χ0v) is 15.1. The minimum Gasteiger partial charge on any atom is -0.342 e. The number of amides is 1. The monoisotopic (exact) mass is 342 g/mol. The summed E-state index contributed by atoms with van der Waals surface area (Å²) in [7, 11) is 2.00. The van der Waals surface area contributed by atoms with E-state index in [2.05, 4.69) is 47.8 Å². The van der Waals surface area contributed by atoms with Gasteiger partial charge in [0.15, 0.2) is 0 Å². The third-order valence-electron chi connectivity index (χ3n) is 4.85. The Morgan fingerprint density at radius 2 is 1.92 bits per heavy atom. The minimum absolute atomic E-state index is 0.278. The molecule has 0 spiro atoms. The molecule has 1 aliphatic rings. The van der Waals surface area contributed by atoms with Crippen molar-refractivity contribution in [3.63, 3.8) is 0 Å². The van der Waals surface area contributed by atoms with Crippen LogP contribution in [0, 0.1) is 5.92 Å². The van der Waals surface area contributed by atoms with Gasteiger partial charge in [-0.2, -0.15) is 0 Å². The second-order valence-electron chi connectivity index (χ2n) is 6.51. The van der Waals surface area contributed by atoms with Gasteiger partial charge >= 0.3 is 0 Å². The number of piperidine rings is 1. The number of hydrogen-bond donors (Lipinski definition) is 1. The number of carbonyl (C=O) groups is 1. The lowest BCUT2D eigenvalue weighted by molar-refractivity contribution is -0.129. The Hall–Kier alpha value is -1.52. The van der Waals surface area contributed by atoms with Gasteiger partial charge in [0.25, 0.3) is 0 Å². The molecular weight excluding hydrogens is 316 g/mol. The first kappa shape index (κ1) is 17.3. The second-order valence-corrected chi connectivity index (χ2v) is 7.56. The van der Waals surface area contributed by atoms with E-state index >= 15 is 0 Å². The molecule has 4 heteroatoms. The van der Waals surface area contributed by atoms with Gasteiger partial charge in [0.1, 0.15) is 0 Å². The molecule has 2 aromatic carbocycles. The van der Waals surface area contributed by atoms with Crippen LogP contribution in [-0.2, 0) is 4.79 Å². The van der Waals surface area contributed by atoms with E-state index < -0.39 is 0 Å². The molecule has 1 aliphatic heterocycles. The predicted molar refractivity (Wildman–Crippen MR) is 103 cm³/mol. The summed E-state index contributed by atoms with van der Waals surface area (Å²) >= 11 is 1.65. The number of likely N-dealkylation sites (tertiary alicyclic amines) is 1. The minimum atomic E-state index is 0.278. The lowest BCUT2D eigenvalue weighted by atomic mass is 9.93. The molecule has 0 unspecified atom stereocenters. The molecule has 0 atom stereocenters. The van der Waals surface area contributed by atoms with Crippen molar-refractivity contribution in [1.82, 2.24) is 10.2 Å². The lowest BCUT2D eigenvalue weighted by Gasteiger charge is -2.32. The summed E-state index contributed by atoms with van der Waals surface area (Å²) in [5, 5.41) is 5.70. The highest BCUT2D eigenvalue weighted by Gasteiger charge is 2.22. The predicted octanol–water partition coefficient (Wildman–Crippen LogP) is 3.78. The summed E-state index contributed by atoms with van der Waals surface area (Å²) in [5.74, 6) is 1.59. The van der Waals surface area contributed by atoms with Crippen LogP contribution in [0.4, 0.5) is 0 Å². The van der Waals surface area contributed by atoms with E-state index in [1.807, 2.05) is 11.9 Å². The molecule has 128 valence electrons. The van der Waals surface area contributed by atoms with Crippen molar-refractivity contribution < 1.29 is 4.79 Å². The number of hydrogen-bond acceptors (Lipinski definition) is 3. The summed E-state index contributed by atoms with van der Waals surface area (Å²) in [6.45, 7) is 2.92. The molecule has 0 aliphatic carbocycles. The Labute approximate surface area is 148 Å². The van der Waals surface area contributed by atoms with Crippen LogP contribution in [0.2, 0.25) is 0 Å². The van der Waals surface area contributed by atoms with E-state index in [1.165, 1.54) is 22.1 Å². The van der Waals surface area contributed by atoms with Gasteiger partial charge in [-0.3, -0.25) is 4.79 Å². The topological polar surface area (TPSA) is 32.3 Å². The number of thioether (sulfide) groups is 1. The molecule has 3 rings (SSSR count). The van der Waals surface area contributed by atoms with Crippen molar-refractivity contribution in [3.05, 3.63) is 42.5 Å². The molecule has 2 aromatic rings. The van der Waals surface area contributed by atoms with Crippen LogP contribution in [0.1, 0.15) is 19.3 Å². The third-order valence-corrected chi connectivity index (χ3v) is 5.83. The van der Waals surface area contributed by atoms with E-state index in [0.29, 0.717) is 5.75 Å². The number of nitrogens with zero attached hydrogens (tertiary/aromatic N) is 1. The standard InChI is InChI=1S/C20H26N2OS/c1-21-11-8-16-9-12-22(13-10-16)20(23)15-24-19-7-6-17-4-2-3-5-18(17)14-19/h2-7,14,16,21H,8-13,15H2,1H3. The maximum absolute atomic E-state index is 12.4. The highest BCUT2D eigenvalue weighted by Crippen LogP contribution is 2.25. The van der Waals surface area contributed by atoms with Crippen LogP contribution in [-0.4, -0.2) is 43.2 Å². The highest BCUT2D eigenvalue weighted by molar-refractivity contribution is 8.00. The average molecular weight is 343 g/mol. The molecule has 1 heterocycles. The number of carbonyl (C=O) groups excluding carboxylic acids is 1. The first-order valence-corrected chi connectivity index (χ1v) is 9.79. The second kappa shape index (κ2) is 8.54. The SMILES string of the molecule is CNCCC1CCN(C(=O)CSc2ccc3ccccc3c2)CC1. The zero-order chi connectivity index (χ0) is 16.8. The van der Waals surface area contributed by atoms with Gasteiger partial charge in [-0.15, -0.1) is 11.8 Å². The Morgan fingerprint density at radius 1 is 1.17 bits per heavy atom. The van der Waals surface area contributed by atoms with Crippen molar-refractivity contribution in [3.8, 4) is 0 Å². The maximum atomic E-state index is 12.4. The summed E-state index contributed by atoms with van der Waals surface area (Å²) in [4.78, 5) is 15.7. The normalized spacial score (nSPS) is 15.8. The van der Waals surface area contributed by atoms with E-state index in [4.69, 9.17) is 0 Å². The van der Waals surface area contributed by atoms with Crippen molar-refractivity contribution >= 4 is 28.4 Å². The number of benzene rings is 2. The molecule has 0 bridgehead atoms.